The summed E-state index contributed by atoms with van der Waals surface area (Å²) in [6.07, 6.45) is 3.05. The van der Waals surface area contributed by atoms with Gasteiger partial charge in [0.05, 0.1) is 5.92 Å². The summed E-state index contributed by atoms with van der Waals surface area (Å²) in [7, 11) is 0. The van der Waals surface area contributed by atoms with Crippen LogP contribution < -0.4 is 5.73 Å². The quantitative estimate of drug-likeness (QED) is 0.0872. The van der Waals surface area contributed by atoms with Gasteiger partial charge >= 0.3 is 11.9 Å². The Bertz CT molecular complexity index is 2080. The first-order valence-electron chi connectivity index (χ1n) is 19.9. The van der Waals surface area contributed by atoms with Gasteiger partial charge in [-0.2, -0.15) is 0 Å². The minimum Gasteiger partial charge on any atom is -0.444 e. The molecule has 0 heterocycles. The van der Waals surface area contributed by atoms with Crippen molar-refractivity contribution in [3.8, 4) is 0 Å². The lowest BCUT2D eigenvalue weighted by Gasteiger charge is -2.36. The number of benzene rings is 6. The summed E-state index contributed by atoms with van der Waals surface area (Å²) in [5.41, 5.74) is 10.9. The number of rotatable bonds is 14. The van der Waals surface area contributed by atoms with Crippen LogP contribution in [0.3, 0.4) is 0 Å². The van der Waals surface area contributed by atoms with Crippen LogP contribution in [0.15, 0.2) is 158 Å². The molecule has 0 aliphatic heterocycles. The minimum atomic E-state index is -1.20. The Morgan fingerprint density at radius 2 is 0.867 bits per heavy atom. The van der Waals surface area contributed by atoms with Crippen molar-refractivity contribution in [3.05, 3.63) is 212 Å². The molecule has 4 atom stereocenters. The highest BCUT2D eigenvalue weighted by Crippen LogP contribution is 2.45. The highest BCUT2D eigenvalue weighted by molar-refractivity contribution is 6.32. The fraction of sp³-hybridized carbons (Fsp3) is 0.269. The van der Waals surface area contributed by atoms with Gasteiger partial charge in [0.25, 0.3) is 0 Å². The molecule has 8 heteroatoms. The smallest absolute Gasteiger partial charge is 0.324 e. The van der Waals surface area contributed by atoms with E-state index in [9.17, 15) is 9.59 Å². The highest BCUT2D eigenvalue weighted by Gasteiger charge is 2.44. The number of esters is 2. The summed E-state index contributed by atoms with van der Waals surface area (Å²) in [6.45, 7) is 10.0. The van der Waals surface area contributed by atoms with Crippen molar-refractivity contribution in [3.63, 3.8) is 0 Å². The molecular weight excluding hydrogens is 792 g/mol. The molecule has 0 radical (unpaired) electrons. The average Bonchev–Trinajstić information content (AvgIpc) is 3.24. The number of carbonyl (C=O) groups is 2. The van der Waals surface area contributed by atoms with E-state index in [1.165, 1.54) is 0 Å². The lowest BCUT2D eigenvalue weighted by atomic mass is 9.79. The van der Waals surface area contributed by atoms with Crippen molar-refractivity contribution in [1.82, 2.24) is 0 Å². The summed E-state index contributed by atoms with van der Waals surface area (Å²) in [5, 5.41) is 1.08. The number of aryl methyl sites for hydroxylation is 2. The molecule has 0 fully saturated rings. The Morgan fingerprint density at radius 3 is 1.23 bits per heavy atom. The average molecular weight is 851 g/mol. The predicted octanol–water partition coefficient (Wildman–Crippen LogP) is 13.3. The molecule has 0 bridgehead atoms. The first kappa shape index (κ1) is 49.1. The van der Waals surface area contributed by atoms with Gasteiger partial charge in [0, 0.05) is 43.4 Å². The second-order valence-electron chi connectivity index (χ2n) is 14.7. The van der Waals surface area contributed by atoms with E-state index in [2.05, 4.69) is 6.92 Å². The SMILES string of the molecule is C.CCCC(C)C(=O)OC(c1ccccc1)(c1ccc(C)cc1)c1ccccc1Cl.CCCC(N)C(=O)OC(c1ccccc1)(c1ccc(C)cc1)c1ccccc1Cl.F. The van der Waals surface area contributed by atoms with E-state index in [0.29, 0.717) is 22.0 Å². The summed E-state index contributed by atoms with van der Waals surface area (Å²) in [5.74, 6) is -0.872. The zero-order valence-corrected chi connectivity index (χ0v) is 35.9. The summed E-state index contributed by atoms with van der Waals surface area (Å²) >= 11 is 13.3. The van der Waals surface area contributed by atoms with Gasteiger partial charge in [-0.25, -0.2) is 0 Å². The number of carbonyl (C=O) groups excluding carboxylic acids is 2. The molecule has 5 nitrogen and oxygen atoms in total. The molecule has 0 spiro atoms. The summed E-state index contributed by atoms with van der Waals surface area (Å²) < 4.78 is 12.7. The van der Waals surface area contributed by atoms with E-state index in [0.717, 1.165) is 58.2 Å². The maximum absolute atomic E-state index is 13.2. The predicted molar refractivity (Wildman–Crippen MR) is 246 cm³/mol. The standard InChI is InChI=1S/C26H27ClO2.C25H26ClNO2.CH4.FH/c1-4-10-20(3)25(28)29-26(21-11-6-5-7-12-21,22-17-15-19(2)16-18-22)23-13-8-9-14-24(23)27;1-3-9-23(27)24(28)29-25(19-10-5-4-6-11-19,20-16-14-18(2)15-17-20)21-12-7-8-13-22(21)26;;/h5-9,11-18,20H,4,10H2,1-3H3;4-8,10-17,23H,3,9,27H2,1-2H3;1H4;1H. The van der Waals surface area contributed by atoms with Crippen molar-refractivity contribution in [2.75, 3.05) is 0 Å². The van der Waals surface area contributed by atoms with Crippen molar-refractivity contribution in [1.29, 1.82) is 0 Å². The molecule has 60 heavy (non-hydrogen) atoms. The molecule has 2 N–H and O–H groups in total. The van der Waals surface area contributed by atoms with E-state index in [-0.39, 0.29) is 24.0 Å². The lowest BCUT2D eigenvalue weighted by molar-refractivity contribution is -0.158. The number of hydrogen-bond donors (Lipinski definition) is 1. The molecule has 316 valence electrons. The van der Waals surface area contributed by atoms with E-state index in [1.807, 2.05) is 185 Å². The maximum Gasteiger partial charge on any atom is 0.324 e. The fourth-order valence-corrected chi connectivity index (χ4v) is 7.71. The first-order valence-corrected chi connectivity index (χ1v) is 20.7. The van der Waals surface area contributed by atoms with E-state index in [4.69, 9.17) is 38.4 Å². The highest BCUT2D eigenvalue weighted by atomic mass is 35.5. The van der Waals surface area contributed by atoms with Gasteiger partial charge in [-0.1, -0.05) is 221 Å². The third-order valence-electron chi connectivity index (χ3n) is 10.3. The van der Waals surface area contributed by atoms with Crippen molar-refractivity contribution in [2.45, 2.75) is 85.0 Å². The normalized spacial score (nSPS) is 13.6. The van der Waals surface area contributed by atoms with Crippen LogP contribution in [0.4, 0.5) is 4.70 Å². The first-order chi connectivity index (χ1) is 28.0. The molecular formula is C52H58Cl2FNO4. The summed E-state index contributed by atoms with van der Waals surface area (Å²) in [6, 6.07) is 49.9. The fourth-order valence-electron chi connectivity index (χ4n) is 7.17. The minimum absolute atomic E-state index is 0. The molecule has 0 amide bonds. The number of ether oxygens (including phenoxy) is 2. The van der Waals surface area contributed by atoms with Gasteiger partial charge in [0.1, 0.15) is 6.04 Å². The summed E-state index contributed by atoms with van der Waals surface area (Å²) in [4.78, 5) is 26.2. The Balaban J connectivity index is 0.000000310. The van der Waals surface area contributed by atoms with E-state index >= 15 is 0 Å². The topological polar surface area (TPSA) is 78.6 Å². The van der Waals surface area contributed by atoms with Crippen LogP contribution in [0.25, 0.3) is 0 Å². The zero-order valence-electron chi connectivity index (χ0n) is 34.4. The van der Waals surface area contributed by atoms with Crippen molar-refractivity contribution in [2.24, 2.45) is 11.7 Å². The van der Waals surface area contributed by atoms with Crippen LogP contribution in [0, 0.1) is 19.8 Å². The molecule has 6 aromatic rings. The Hall–Kier alpha value is -5.27. The Morgan fingerprint density at radius 1 is 0.533 bits per heavy atom. The third-order valence-corrected chi connectivity index (χ3v) is 11.0. The van der Waals surface area contributed by atoms with Crippen LogP contribution in [-0.4, -0.2) is 18.0 Å². The third kappa shape index (κ3) is 11.1. The van der Waals surface area contributed by atoms with Crippen LogP contribution in [-0.2, 0) is 30.3 Å². The van der Waals surface area contributed by atoms with Crippen LogP contribution in [0.1, 0.15) is 98.4 Å². The van der Waals surface area contributed by atoms with E-state index < -0.39 is 23.2 Å². The Labute approximate surface area is 366 Å². The second-order valence-corrected chi connectivity index (χ2v) is 15.5. The lowest BCUT2D eigenvalue weighted by Crippen LogP contribution is -2.42. The van der Waals surface area contributed by atoms with Gasteiger partial charge < -0.3 is 15.2 Å². The van der Waals surface area contributed by atoms with Gasteiger partial charge in [-0.15, -0.1) is 0 Å². The van der Waals surface area contributed by atoms with Crippen LogP contribution >= 0.6 is 23.2 Å². The van der Waals surface area contributed by atoms with Gasteiger partial charge in [-0.05, 0) is 38.8 Å². The van der Waals surface area contributed by atoms with Crippen LogP contribution in [0.5, 0.6) is 0 Å². The monoisotopic (exact) mass is 849 g/mol. The Kier molecular flexibility index (Phi) is 18.8. The second kappa shape index (κ2) is 22.9. The number of hydrogen-bond acceptors (Lipinski definition) is 5. The van der Waals surface area contributed by atoms with Gasteiger partial charge in [-0.3, -0.25) is 14.3 Å². The van der Waals surface area contributed by atoms with Crippen molar-refractivity contribution < 1.29 is 23.8 Å². The zero-order chi connectivity index (χ0) is 41.7. The van der Waals surface area contributed by atoms with Crippen molar-refractivity contribution >= 4 is 35.1 Å². The largest absolute Gasteiger partial charge is 0.444 e. The molecule has 0 aromatic heterocycles. The number of halogens is 3. The van der Waals surface area contributed by atoms with Gasteiger partial charge in [0.2, 0.25) is 0 Å². The van der Waals surface area contributed by atoms with Gasteiger partial charge in [0.15, 0.2) is 11.2 Å². The molecule has 0 saturated carbocycles. The molecule has 0 aliphatic carbocycles. The number of nitrogens with two attached hydrogens (primary N) is 1. The van der Waals surface area contributed by atoms with Crippen LogP contribution in [0.2, 0.25) is 10.0 Å². The maximum atomic E-state index is 13.2. The molecule has 4 unspecified atom stereocenters. The molecule has 6 aromatic carbocycles. The van der Waals surface area contributed by atoms with E-state index in [1.54, 1.807) is 0 Å². The molecule has 6 rings (SSSR count). The molecule has 0 saturated heterocycles. The molecule has 0 aliphatic rings.